The van der Waals surface area contributed by atoms with E-state index in [2.05, 4.69) is 30.4 Å². The van der Waals surface area contributed by atoms with Gasteiger partial charge in [0.05, 0.1) is 18.6 Å². The van der Waals surface area contributed by atoms with E-state index >= 15 is 4.39 Å². The van der Waals surface area contributed by atoms with Gasteiger partial charge >= 0.3 is 5.69 Å². The van der Waals surface area contributed by atoms with Crippen LogP contribution in [0.15, 0.2) is 60.2 Å². The molecule has 0 aliphatic carbocycles. The molecular formula is C25H23FN8O3. The van der Waals surface area contributed by atoms with Crippen LogP contribution in [0.1, 0.15) is 37.3 Å². The Balaban J connectivity index is 1.18. The zero-order chi connectivity index (χ0) is 25.7. The van der Waals surface area contributed by atoms with E-state index in [1.165, 1.54) is 29.2 Å². The number of hydrogen-bond acceptors (Lipinski definition) is 8. The first kappa shape index (κ1) is 22.9. The molecule has 1 fully saturated rings. The van der Waals surface area contributed by atoms with E-state index in [4.69, 9.17) is 9.47 Å². The molecule has 12 heteroatoms. The molecule has 2 atom stereocenters. The maximum absolute atomic E-state index is 15.0. The summed E-state index contributed by atoms with van der Waals surface area (Å²) in [7, 11) is 0. The van der Waals surface area contributed by atoms with Crippen LogP contribution in [-0.2, 0) is 4.74 Å². The Labute approximate surface area is 209 Å². The molecule has 1 aromatic carbocycles. The van der Waals surface area contributed by atoms with Gasteiger partial charge in [-0.2, -0.15) is 5.10 Å². The smallest absolute Gasteiger partial charge is 0.328 e. The van der Waals surface area contributed by atoms with Gasteiger partial charge in [-0.1, -0.05) is 0 Å². The highest BCUT2D eigenvalue weighted by atomic mass is 19.1. The summed E-state index contributed by atoms with van der Waals surface area (Å²) in [6.07, 6.45) is 7.54. The number of hydrogen-bond donors (Lipinski definition) is 2. The third-order valence-electron chi connectivity index (χ3n) is 6.19. The van der Waals surface area contributed by atoms with Crippen molar-refractivity contribution in [1.82, 2.24) is 34.3 Å². The van der Waals surface area contributed by atoms with Gasteiger partial charge in [-0.05, 0) is 32.9 Å². The van der Waals surface area contributed by atoms with E-state index in [0.717, 1.165) is 16.9 Å². The lowest BCUT2D eigenvalue weighted by molar-refractivity contribution is 0.385. The van der Waals surface area contributed by atoms with Gasteiger partial charge < -0.3 is 14.8 Å². The van der Waals surface area contributed by atoms with Crippen molar-refractivity contribution in [3.8, 4) is 17.2 Å². The maximum Gasteiger partial charge on any atom is 0.328 e. The van der Waals surface area contributed by atoms with E-state index in [-0.39, 0.29) is 29.8 Å². The number of anilines is 1. The number of nitrogens with zero attached hydrogens (tertiary/aromatic N) is 6. The quantitative estimate of drug-likeness (QED) is 0.319. The van der Waals surface area contributed by atoms with Gasteiger partial charge in [0.2, 0.25) is 0 Å². The summed E-state index contributed by atoms with van der Waals surface area (Å²) >= 11 is 0. The molecule has 37 heavy (non-hydrogen) atoms. The first-order valence-corrected chi connectivity index (χ1v) is 11.7. The minimum atomic E-state index is -0.561. The van der Waals surface area contributed by atoms with E-state index in [1.54, 1.807) is 35.4 Å². The van der Waals surface area contributed by atoms with E-state index in [1.807, 2.05) is 20.8 Å². The van der Waals surface area contributed by atoms with E-state index in [9.17, 15) is 4.79 Å². The molecule has 188 valence electrons. The van der Waals surface area contributed by atoms with Crippen molar-refractivity contribution in [2.45, 2.75) is 39.1 Å². The Morgan fingerprint density at radius 2 is 1.97 bits per heavy atom. The topological polar surface area (TPSA) is 128 Å². The first-order valence-electron chi connectivity index (χ1n) is 11.7. The number of ether oxygens (including phenoxy) is 2. The standard InChI is InChI=1S/C25H23FN8O3/c1-13(2)33-21-20(6-7-29-23(21)32-25(33)35)36-19-5-4-15(8-18(19)26)31-24-22(37-24)17-11-30-34(14(17)3)16-9-27-12-28-10-16/h4-13,22,24,31H,1-3H3,(H,29,32,35). The summed E-state index contributed by atoms with van der Waals surface area (Å²) in [5.74, 6) is -0.203. The van der Waals surface area contributed by atoms with E-state index < -0.39 is 5.82 Å². The number of aromatic nitrogens is 7. The molecule has 1 aliphatic heterocycles. The lowest BCUT2D eigenvalue weighted by atomic mass is 10.2. The molecule has 11 nitrogen and oxygen atoms in total. The van der Waals surface area contributed by atoms with Crippen molar-refractivity contribution >= 4 is 16.9 Å². The molecule has 0 radical (unpaired) electrons. The predicted octanol–water partition coefficient (Wildman–Crippen LogP) is 4.03. The SMILES string of the molecule is Cc1c(C2OC2Nc2ccc(Oc3ccnc4[nH]c(=O)n(C(C)C)c34)c(F)c2)cnn1-c1cncnc1. The molecular weight excluding hydrogens is 479 g/mol. The average molecular weight is 503 g/mol. The van der Waals surface area contributed by atoms with Crippen LogP contribution < -0.4 is 15.7 Å². The van der Waals surface area contributed by atoms with Crippen LogP contribution in [0.4, 0.5) is 10.1 Å². The molecule has 5 heterocycles. The number of benzene rings is 1. The van der Waals surface area contributed by atoms with Crippen LogP contribution in [-0.4, -0.2) is 40.5 Å². The second-order valence-electron chi connectivity index (χ2n) is 8.96. The number of H-pyrrole nitrogens is 1. The predicted molar refractivity (Wildman–Crippen MR) is 132 cm³/mol. The molecule has 2 unspecified atom stereocenters. The monoisotopic (exact) mass is 502 g/mol. The molecule has 5 aromatic rings. The number of nitrogens with one attached hydrogen (secondary N) is 2. The lowest BCUT2D eigenvalue weighted by Gasteiger charge is -2.12. The third kappa shape index (κ3) is 4.10. The fourth-order valence-corrected chi connectivity index (χ4v) is 4.38. The van der Waals surface area contributed by atoms with Gasteiger partial charge in [0, 0.05) is 41.3 Å². The van der Waals surface area contributed by atoms with Crippen molar-refractivity contribution in [3.63, 3.8) is 0 Å². The largest absolute Gasteiger partial charge is 0.452 e. The number of fused-ring (bicyclic) bond motifs is 1. The minimum absolute atomic E-state index is 0.0254. The average Bonchev–Trinajstić information content (AvgIpc) is 3.37. The van der Waals surface area contributed by atoms with Crippen LogP contribution in [0, 0.1) is 12.7 Å². The highest BCUT2D eigenvalue weighted by Crippen LogP contribution is 2.41. The van der Waals surface area contributed by atoms with Crippen LogP contribution in [0.3, 0.4) is 0 Å². The van der Waals surface area contributed by atoms with Gasteiger partial charge in [-0.15, -0.1) is 0 Å². The number of rotatable bonds is 7. The second kappa shape index (κ2) is 8.82. The number of epoxide rings is 1. The number of imidazole rings is 1. The van der Waals surface area contributed by atoms with Crippen molar-refractivity contribution < 1.29 is 13.9 Å². The Morgan fingerprint density at radius 1 is 1.16 bits per heavy atom. The molecule has 4 aromatic heterocycles. The van der Waals surface area contributed by atoms with Crippen LogP contribution in [0.25, 0.3) is 16.9 Å². The maximum atomic E-state index is 15.0. The van der Waals surface area contributed by atoms with Gasteiger partial charge in [0.15, 0.2) is 29.2 Å². The summed E-state index contributed by atoms with van der Waals surface area (Å²) in [6.45, 7) is 5.70. The summed E-state index contributed by atoms with van der Waals surface area (Å²) in [4.78, 5) is 27.3. The Hall–Kier alpha value is -4.58. The molecule has 0 saturated carbocycles. The first-order chi connectivity index (χ1) is 17.9. The van der Waals surface area contributed by atoms with Gasteiger partial charge in [-0.25, -0.2) is 28.8 Å². The molecule has 0 spiro atoms. The summed E-state index contributed by atoms with van der Waals surface area (Å²) < 4.78 is 30.0. The van der Waals surface area contributed by atoms with Gasteiger partial charge in [0.1, 0.15) is 23.6 Å². The number of aromatic amines is 1. The third-order valence-corrected chi connectivity index (χ3v) is 6.19. The van der Waals surface area contributed by atoms with Crippen molar-refractivity contribution in [2.75, 3.05) is 5.32 Å². The molecule has 2 N–H and O–H groups in total. The molecule has 6 rings (SSSR count). The summed E-state index contributed by atoms with van der Waals surface area (Å²) in [5, 5.41) is 7.61. The van der Waals surface area contributed by atoms with Gasteiger partial charge in [0.25, 0.3) is 0 Å². The zero-order valence-electron chi connectivity index (χ0n) is 20.2. The van der Waals surface area contributed by atoms with Gasteiger partial charge in [-0.3, -0.25) is 9.55 Å². The fraction of sp³-hybridized carbons (Fsp3) is 0.240. The minimum Gasteiger partial charge on any atom is -0.452 e. The van der Waals surface area contributed by atoms with Crippen molar-refractivity contribution in [2.24, 2.45) is 0 Å². The molecule has 0 amide bonds. The summed E-state index contributed by atoms with van der Waals surface area (Å²) in [5.41, 5.74) is 3.69. The lowest BCUT2D eigenvalue weighted by Crippen LogP contribution is -2.18. The fourth-order valence-electron chi connectivity index (χ4n) is 4.38. The number of halogens is 1. The highest BCUT2D eigenvalue weighted by molar-refractivity contribution is 5.78. The Kier molecular flexibility index (Phi) is 5.45. The van der Waals surface area contributed by atoms with Crippen LogP contribution in [0.5, 0.6) is 11.5 Å². The molecule has 1 saturated heterocycles. The highest BCUT2D eigenvalue weighted by Gasteiger charge is 2.42. The van der Waals surface area contributed by atoms with Crippen LogP contribution >= 0.6 is 0 Å². The number of pyridine rings is 1. The molecule has 0 bridgehead atoms. The van der Waals surface area contributed by atoms with E-state index in [0.29, 0.717) is 22.6 Å². The normalized spacial score (nSPS) is 16.9. The molecule has 1 aliphatic rings. The Bertz CT molecular complexity index is 1660. The second-order valence-corrected chi connectivity index (χ2v) is 8.96. The Morgan fingerprint density at radius 3 is 2.73 bits per heavy atom. The van der Waals surface area contributed by atoms with Crippen LogP contribution in [0.2, 0.25) is 0 Å². The van der Waals surface area contributed by atoms with Crippen molar-refractivity contribution in [1.29, 1.82) is 0 Å². The summed E-state index contributed by atoms with van der Waals surface area (Å²) in [6, 6.07) is 6.06. The zero-order valence-corrected chi connectivity index (χ0v) is 20.2. The van der Waals surface area contributed by atoms with Crippen molar-refractivity contribution in [3.05, 3.63) is 82.9 Å².